The van der Waals surface area contributed by atoms with Gasteiger partial charge in [0.05, 0.1) is 47.6 Å². The van der Waals surface area contributed by atoms with Crippen molar-refractivity contribution in [1.82, 2.24) is 19.6 Å². The largest absolute Gasteiger partial charge is 0.416 e. The zero-order chi connectivity index (χ0) is 26.0. The van der Waals surface area contributed by atoms with E-state index < -0.39 is 11.7 Å². The van der Waals surface area contributed by atoms with Crippen LogP contribution in [0.4, 0.5) is 24.5 Å². The van der Waals surface area contributed by atoms with E-state index in [2.05, 4.69) is 20.8 Å². The van der Waals surface area contributed by atoms with Crippen LogP contribution in [0.1, 0.15) is 28.1 Å². The van der Waals surface area contributed by atoms with E-state index in [1.165, 1.54) is 10.7 Å². The van der Waals surface area contributed by atoms with Gasteiger partial charge in [0, 0.05) is 16.2 Å². The lowest BCUT2D eigenvalue weighted by Gasteiger charge is -2.11. The second-order valence-corrected chi connectivity index (χ2v) is 9.39. The summed E-state index contributed by atoms with van der Waals surface area (Å²) in [6, 6.07) is 10.5. The van der Waals surface area contributed by atoms with Gasteiger partial charge in [-0.2, -0.15) is 23.4 Å². The monoisotopic (exact) mass is 552 g/mol. The van der Waals surface area contributed by atoms with Crippen molar-refractivity contribution in [3.63, 3.8) is 0 Å². The van der Waals surface area contributed by atoms with Crippen LogP contribution in [-0.4, -0.2) is 24.7 Å². The van der Waals surface area contributed by atoms with Gasteiger partial charge in [-0.25, -0.2) is 0 Å². The fourth-order valence-electron chi connectivity index (χ4n) is 3.67. The maximum Gasteiger partial charge on any atom is 0.416 e. The molecule has 0 spiro atoms. The fourth-order valence-corrected chi connectivity index (χ4v) is 4.35. The number of halogens is 5. The van der Waals surface area contributed by atoms with Gasteiger partial charge in [-0.1, -0.05) is 41.4 Å². The molecule has 0 atom stereocenters. The van der Waals surface area contributed by atoms with Gasteiger partial charge in [0.25, 0.3) is 0 Å². The van der Waals surface area contributed by atoms with Crippen LogP contribution in [0.15, 0.2) is 54.9 Å². The molecule has 0 aliphatic carbocycles. The molecule has 12 heteroatoms. The molecular formula is C24H21Cl2F3N6S. The predicted molar refractivity (Wildman–Crippen MR) is 140 cm³/mol. The highest BCUT2D eigenvalue weighted by molar-refractivity contribution is 7.80. The third-order valence-electron chi connectivity index (χ3n) is 5.45. The molecule has 0 aliphatic rings. The fraction of sp³-hybridized carbons (Fsp3) is 0.208. The third kappa shape index (κ3) is 6.18. The minimum Gasteiger partial charge on any atom is -0.330 e. The van der Waals surface area contributed by atoms with Gasteiger partial charge in [0.15, 0.2) is 5.11 Å². The minimum absolute atomic E-state index is 0.185. The second kappa shape index (κ2) is 10.5. The highest BCUT2D eigenvalue weighted by Crippen LogP contribution is 2.30. The summed E-state index contributed by atoms with van der Waals surface area (Å²) in [6.07, 6.45) is -1.18. The first kappa shape index (κ1) is 26.0. The highest BCUT2D eigenvalue weighted by atomic mass is 35.5. The predicted octanol–water partition coefficient (Wildman–Crippen LogP) is 6.93. The summed E-state index contributed by atoms with van der Waals surface area (Å²) >= 11 is 17.7. The number of nitrogens with zero attached hydrogens (tertiary/aromatic N) is 4. The average Bonchev–Trinajstić information content (AvgIpc) is 3.34. The Hall–Kier alpha value is -3.08. The summed E-state index contributed by atoms with van der Waals surface area (Å²) in [7, 11) is 0. The Morgan fingerprint density at radius 1 is 1.06 bits per heavy atom. The summed E-state index contributed by atoms with van der Waals surface area (Å²) in [4.78, 5) is 0. The van der Waals surface area contributed by atoms with Gasteiger partial charge in [-0.05, 0) is 61.5 Å². The van der Waals surface area contributed by atoms with E-state index in [4.69, 9.17) is 35.4 Å². The average molecular weight is 553 g/mol. The summed E-state index contributed by atoms with van der Waals surface area (Å²) < 4.78 is 42.2. The van der Waals surface area contributed by atoms with Gasteiger partial charge >= 0.3 is 6.18 Å². The molecule has 0 radical (unpaired) electrons. The van der Waals surface area contributed by atoms with E-state index >= 15 is 0 Å². The number of nitrogens with one attached hydrogen (secondary N) is 2. The molecule has 0 unspecified atom stereocenters. The lowest BCUT2D eigenvalue weighted by molar-refractivity contribution is -0.137. The number of rotatable bonds is 6. The lowest BCUT2D eigenvalue weighted by atomic mass is 10.1. The van der Waals surface area contributed by atoms with Gasteiger partial charge < -0.3 is 10.6 Å². The van der Waals surface area contributed by atoms with Crippen LogP contribution in [0.5, 0.6) is 0 Å². The normalized spacial score (nSPS) is 11.5. The molecule has 2 aromatic heterocycles. The summed E-state index contributed by atoms with van der Waals surface area (Å²) in [5.41, 5.74) is 3.64. The molecule has 2 N–H and O–H groups in total. The molecular weight excluding hydrogens is 532 g/mol. The van der Waals surface area contributed by atoms with Crippen LogP contribution in [0, 0.1) is 13.8 Å². The maximum atomic E-state index is 13.0. The Kier molecular flexibility index (Phi) is 7.58. The zero-order valence-corrected chi connectivity index (χ0v) is 21.5. The molecule has 0 amide bonds. The quantitative estimate of drug-likeness (QED) is 0.254. The molecule has 36 heavy (non-hydrogen) atoms. The van der Waals surface area contributed by atoms with E-state index in [1.807, 2.05) is 24.6 Å². The molecule has 0 saturated carbocycles. The Morgan fingerprint density at radius 2 is 1.83 bits per heavy atom. The first-order chi connectivity index (χ1) is 17.0. The Balaban J connectivity index is 1.40. The van der Waals surface area contributed by atoms with Crippen molar-refractivity contribution in [3.8, 4) is 0 Å². The number of hydrogen-bond acceptors (Lipinski definition) is 3. The van der Waals surface area contributed by atoms with Crippen molar-refractivity contribution < 1.29 is 13.2 Å². The van der Waals surface area contributed by atoms with Crippen molar-refractivity contribution in [2.75, 3.05) is 10.6 Å². The topological polar surface area (TPSA) is 59.7 Å². The van der Waals surface area contributed by atoms with E-state index in [0.29, 0.717) is 33.0 Å². The summed E-state index contributed by atoms with van der Waals surface area (Å²) in [6.45, 7) is 4.43. The number of aromatic nitrogens is 4. The van der Waals surface area contributed by atoms with E-state index in [-0.39, 0.29) is 6.54 Å². The molecule has 0 saturated heterocycles. The lowest BCUT2D eigenvalue weighted by Crippen LogP contribution is -2.19. The van der Waals surface area contributed by atoms with Crippen molar-refractivity contribution in [2.45, 2.75) is 33.1 Å². The van der Waals surface area contributed by atoms with Gasteiger partial charge in [-0.15, -0.1) is 0 Å². The molecule has 0 aliphatic heterocycles. The molecule has 188 valence electrons. The van der Waals surface area contributed by atoms with Crippen molar-refractivity contribution in [1.29, 1.82) is 0 Å². The van der Waals surface area contributed by atoms with Gasteiger partial charge in [0.1, 0.15) is 0 Å². The van der Waals surface area contributed by atoms with Crippen LogP contribution in [0.25, 0.3) is 0 Å². The van der Waals surface area contributed by atoms with Crippen molar-refractivity contribution in [2.24, 2.45) is 0 Å². The van der Waals surface area contributed by atoms with Crippen molar-refractivity contribution >= 4 is 51.9 Å². The Labute approximate surface area is 221 Å². The van der Waals surface area contributed by atoms with Gasteiger partial charge in [-0.3, -0.25) is 9.36 Å². The maximum absolute atomic E-state index is 13.0. The number of benzene rings is 2. The van der Waals surface area contributed by atoms with Crippen LogP contribution in [0.2, 0.25) is 10.0 Å². The van der Waals surface area contributed by atoms with Crippen LogP contribution >= 0.6 is 35.4 Å². The van der Waals surface area contributed by atoms with Crippen LogP contribution < -0.4 is 10.6 Å². The summed E-state index contributed by atoms with van der Waals surface area (Å²) in [5, 5.41) is 16.4. The molecule has 0 fully saturated rings. The Morgan fingerprint density at radius 3 is 2.56 bits per heavy atom. The third-order valence-corrected chi connectivity index (χ3v) is 6.24. The van der Waals surface area contributed by atoms with E-state index in [9.17, 15) is 13.2 Å². The number of aryl methyl sites for hydroxylation is 1. The first-order valence-corrected chi connectivity index (χ1v) is 11.9. The smallest absolute Gasteiger partial charge is 0.330 e. The zero-order valence-electron chi connectivity index (χ0n) is 19.2. The molecule has 6 nitrogen and oxygen atoms in total. The van der Waals surface area contributed by atoms with Gasteiger partial charge in [0.2, 0.25) is 0 Å². The minimum atomic E-state index is -4.39. The number of anilines is 2. The Bertz CT molecular complexity index is 1410. The van der Waals surface area contributed by atoms with Crippen molar-refractivity contribution in [3.05, 3.63) is 93.0 Å². The number of hydrogen-bond donors (Lipinski definition) is 2. The van der Waals surface area contributed by atoms with Crippen LogP contribution in [-0.2, 0) is 19.3 Å². The molecule has 0 bridgehead atoms. The number of alkyl halides is 3. The number of thiocarbonyl (C=S) groups is 1. The standard InChI is InChI=1S/C24H21Cl2F3N6S/c1-14-22(15(2)35(33-14)12-17-6-7-19(25)9-21(17)26)32-23(36)31-20-10-30-34(13-20)11-16-4-3-5-18(8-16)24(27,28)29/h3-10,13H,11-12H2,1-2H3,(H2,31,32,36). The summed E-state index contributed by atoms with van der Waals surface area (Å²) in [5.74, 6) is 0. The SMILES string of the molecule is Cc1nn(Cc2ccc(Cl)cc2Cl)c(C)c1NC(=S)Nc1cnn(Cc2cccc(C(F)(F)F)c2)c1. The molecule has 2 heterocycles. The van der Waals surface area contributed by atoms with E-state index in [0.717, 1.165) is 34.8 Å². The van der Waals surface area contributed by atoms with Crippen LogP contribution in [0.3, 0.4) is 0 Å². The molecule has 4 rings (SSSR count). The molecule has 2 aromatic carbocycles. The second-order valence-electron chi connectivity index (χ2n) is 8.14. The molecule has 4 aromatic rings. The first-order valence-electron chi connectivity index (χ1n) is 10.7. The van der Waals surface area contributed by atoms with E-state index in [1.54, 1.807) is 30.6 Å². The highest BCUT2D eigenvalue weighted by Gasteiger charge is 2.30.